The largest absolute Gasteiger partial charge is 0.481 e. The van der Waals surface area contributed by atoms with Crippen LogP contribution in [0.25, 0.3) is 0 Å². The van der Waals surface area contributed by atoms with E-state index < -0.39 is 48.8 Å². The molecule has 1 heterocycles. The molecule has 0 spiro atoms. The molecule has 12 nitrogen and oxygen atoms in total. The van der Waals surface area contributed by atoms with Crippen molar-refractivity contribution < 1.29 is 29.4 Å². The fraction of sp³-hybridized carbons (Fsp3) is 0.643. The summed E-state index contributed by atoms with van der Waals surface area (Å²) in [6.45, 7) is 0.212. The first-order valence-electron chi connectivity index (χ1n) is 7.95. The number of likely N-dealkylation sites (tertiary alicyclic amines) is 1. The molecular weight excluding hydrogens is 348 g/mol. The predicted octanol–water partition coefficient (Wildman–Crippen LogP) is -3.13. The van der Waals surface area contributed by atoms with Crippen LogP contribution in [0.15, 0.2) is 4.99 Å². The Labute approximate surface area is 149 Å². The topological polar surface area (TPSA) is 214 Å². The normalized spacial score (nSPS) is 21.0. The molecule has 0 bridgehead atoms. The summed E-state index contributed by atoms with van der Waals surface area (Å²) in [5.74, 6) is -4.22. The molecule has 1 rings (SSSR count). The van der Waals surface area contributed by atoms with E-state index in [2.05, 4.69) is 10.3 Å². The number of piperidine rings is 1. The third kappa shape index (κ3) is 6.55. The van der Waals surface area contributed by atoms with Crippen molar-refractivity contribution >= 4 is 29.7 Å². The van der Waals surface area contributed by atoms with Gasteiger partial charge in [0.1, 0.15) is 6.04 Å². The molecule has 1 aliphatic rings. The highest BCUT2D eigenvalue weighted by atomic mass is 16.4. The average molecular weight is 372 g/mol. The van der Waals surface area contributed by atoms with Gasteiger partial charge in [0.05, 0.1) is 19.0 Å². The highest BCUT2D eigenvalue weighted by Gasteiger charge is 2.35. The lowest BCUT2D eigenvalue weighted by molar-refractivity contribution is -0.148. The Hall–Kier alpha value is -2.89. The van der Waals surface area contributed by atoms with Gasteiger partial charge in [0.2, 0.25) is 11.8 Å². The number of carboxylic acid groups (broad SMARTS) is 2. The Morgan fingerprint density at radius 2 is 1.96 bits per heavy atom. The van der Waals surface area contributed by atoms with E-state index in [0.29, 0.717) is 19.4 Å². The molecule has 1 fully saturated rings. The van der Waals surface area contributed by atoms with Gasteiger partial charge in [-0.25, -0.2) is 4.79 Å². The molecule has 146 valence electrons. The van der Waals surface area contributed by atoms with E-state index in [1.54, 1.807) is 0 Å². The zero-order valence-electron chi connectivity index (χ0n) is 14.1. The minimum Gasteiger partial charge on any atom is -0.481 e. The van der Waals surface area contributed by atoms with Crippen molar-refractivity contribution in [3.8, 4) is 0 Å². The number of nitrogens with one attached hydrogen (secondary N) is 1. The number of rotatable bonds is 9. The third-order valence-electron chi connectivity index (χ3n) is 4.02. The van der Waals surface area contributed by atoms with Crippen LogP contribution in [0.4, 0.5) is 0 Å². The molecule has 1 aliphatic heterocycles. The standard InChI is InChI=1S/C14H24N6O6/c15-11-7(1-3-18-14(16)17)2-4-20(12(11)24)6-9(21)19-8(13(25)26)5-10(22)23/h7-8,11H,1-6,15H2,(H,19,21)(H,22,23)(H,25,26)(H4,16,17,18)/t7-,8+,11+/m1/s1. The van der Waals surface area contributed by atoms with Gasteiger partial charge in [-0.15, -0.1) is 0 Å². The molecule has 26 heavy (non-hydrogen) atoms. The van der Waals surface area contributed by atoms with Crippen LogP contribution in [0.2, 0.25) is 0 Å². The number of hydrogen-bond acceptors (Lipinski definition) is 6. The van der Waals surface area contributed by atoms with E-state index in [0.717, 1.165) is 0 Å². The zero-order chi connectivity index (χ0) is 19.9. The van der Waals surface area contributed by atoms with Gasteiger partial charge < -0.3 is 37.6 Å². The van der Waals surface area contributed by atoms with Gasteiger partial charge in [-0.1, -0.05) is 0 Å². The van der Waals surface area contributed by atoms with Gasteiger partial charge in [0.15, 0.2) is 5.96 Å². The summed E-state index contributed by atoms with van der Waals surface area (Å²) >= 11 is 0. The van der Waals surface area contributed by atoms with Crippen LogP contribution in [-0.4, -0.2) is 76.5 Å². The van der Waals surface area contributed by atoms with E-state index >= 15 is 0 Å². The lowest BCUT2D eigenvalue weighted by atomic mass is 9.88. The van der Waals surface area contributed by atoms with Crippen LogP contribution in [0.3, 0.4) is 0 Å². The maximum atomic E-state index is 12.3. The van der Waals surface area contributed by atoms with Crippen molar-refractivity contribution in [2.75, 3.05) is 19.6 Å². The molecule has 3 atom stereocenters. The molecule has 0 aromatic rings. The van der Waals surface area contributed by atoms with Gasteiger partial charge in [-0.3, -0.25) is 19.4 Å². The van der Waals surface area contributed by atoms with Crippen molar-refractivity contribution in [2.24, 2.45) is 28.1 Å². The number of carbonyl (C=O) groups excluding carboxylic acids is 2. The van der Waals surface area contributed by atoms with Crippen molar-refractivity contribution in [3.63, 3.8) is 0 Å². The number of nitrogens with zero attached hydrogens (tertiary/aromatic N) is 2. The summed E-state index contributed by atoms with van der Waals surface area (Å²) in [5, 5.41) is 19.7. The lowest BCUT2D eigenvalue weighted by Crippen LogP contribution is -2.56. The zero-order valence-corrected chi connectivity index (χ0v) is 14.1. The first-order chi connectivity index (χ1) is 12.1. The van der Waals surface area contributed by atoms with E-state index in [4.69, 9.17) is 27.4 Å². The molecule has 0 unspecified atom stereocenters. The van der Waals surface area contributed by atoms with E-state index in [1.165, 1.54) is 4.90 Å². The number of aliphatic imine (C=N–C) groups is 1. The first kappa shape index (κ1) is 21.2. The van der Waals surface area contributed by atoms with Crippen LogP contribution in [0.5, 0.6) is 0 Å². The fourth-order valence-electron chi connectivity index (χ4n) is 2.65. The molecule has 0 radical (unpaired) electrons. The number of guanidine groups is 1. The van der Waals surface area contributed by atoms with Crippen LogP contribution in [0, 0.1) is 5.92 Å². The second-order valence-electron chi connectivity index (χ2n) is 5.99. The van der Waals surface area contributed by atoms with Crippen LogP contribution in [0.1, 0.15) is 19.3 Å². The lowest BCUT2D eigenvalue weighted by Gasteiger charge is -2.35. The second kappa shape index (κ2) is 9.56. The number of amides is 2. The van der Waals surface area contributed by atoms with Gasteiger partial charge in [0.25, 0.3) is 0 Å². The van der Waals surface area contributed by atoms with Gasteiger partial charge in [-0.2, -0.15) is 0 Å². The summed E-state index contributed by atoms with van der Waals surface area (Å²) in [6.07, 6.45) is 0.295. The molecule has 9 N–H and O–H groups in total. The van der Waals surface area contributed by atoms with Gasteiger partial charge >= 0.3 is 11.9 Å². The second-order valence-corrected chi connectivity index (χ2v) is 5.99. The Morgan fingerprint density at radius 3 is 2.50 bits per heavy atom. The first-order valence-corrected chi connectivity index (χ1v) is 7.95. The van der Waals surface area contributed by atoms with Crippen LogP contribution < -0.4 is 22.5 Å². The number of carboxylic acids is 2. The maximum absolute atomic E-state index is 12.3. The monoisotopic (exact) mass is 372 g/mol. The minimum absolute atomic E-state index is 0.0478. The number of carbonyl (C=O) groups is 4. The number of hydrogen-bond donors (Lipinski definition) is 6. The summed E-state index contributed by atoms with van der Waals surface area (Å²) in [7, 11) is 0. The molecule has 0 aliphatic carbocycles. The highest BCUT2D eigenvalue weighted by Crippen LogP contribution is 2.20. The quantitative estimate of drug-likeness (QED) is 0.178. The Morgan fingerprint density at radius 1 is 1.31 bits per heavy atom. The Kier molecular flexibility index (Phi) is 7.77. The van der Waals surface area contributed by atoms with Crippen LogP contribution in [-0.2, 0) is 19.2 Å². The molecule has 0 aromatic carbocycles. The minimum atomic E-state index is -1.57. The number of nitrogens with two attached hydrogens (primary N) is 3. The molecule has 1 saturated heterocycles. The van der Waals surface area contributed by atoms with Crippen molar-refractivity contribution in [2.45, 2.75) is 31.3 Å². The fourth-order valence-corrected chi connectivity index (χ4v) is 2.65. The SMILES string of the molecule is NC(N)=NCC[C@@H]1CCN(CC(=O)N[C@@H](CC(=O)O)C(=O)O)C(=O)[C@H]1N. The van der Waals surface area contributed by atoms with Gasteiger partial charge in [-0.05, 0) is 18.8 Å². The smallest absolute Gasteiger partial charge is 0.326 e. The van der Waals surface area contributed by atoms with E-state index in [-0.39, 0.29) is 18.4 Å². The molecule has 0 aromatic heterocycles. The van der Waals surface area contributed by atoms with Crippen molar-refractivity contribution in [1.82, 2.24) is 10.2 Å². The van der Waals surface area contributed by atoms with E-state index in [1.807, 2.05) is 0 Å². The predicted molar refractivity (Wildman–Crippen MR) is 89.8 cm³/mol. The summed E-state index contributed by atoms with van der Waals surface area (Å²) in [4.78, 5) is 50.9. The molecular formula is C14H24N6O6. The van der Waals surface area contributed by atoms with Crippen molar-refractivity contribution in [3.05, 3.63) is 0 Å². The molecule has 2 amide bonds. The number of aliphatic carboxylic acids is 2. The Balaban J connectivity index is 2.57. The third-order valence-corrected chi connectivity index (χ3v) is 4.02. The Bertz CT molecular complexity index is 590. The van der Waals surface area contributed by atoms with Gasteiger partial charge in [0, 0.05) is 13.1 Å². The van der Waals surface area contributed by atoms with Crippen LogP contribution >= 0.6 is 0 Å². The van der Waals surface area contributed by atoms with E-state index in [9.17, 15) is 19.2 Å². The van der Waals surface area contributed by atoms with Crippen molar-refractivity contribution in [1.29, 1.82) is 0 Å². The highest BCUT2D eigenvalue weighted by molar-refractivity contribution is 5.91. The molecule has 0 saturated carbocycles. The average Bonchev–Trinajstić information content (AvgIpc) is 2.52. The molecule has 12 heteroatoms. The summed E-state index contributed by atoms with van der Waals surface area (Å²) in [5.41, 5.74) is 16.4. The summed E-state index contributed by atoms with van der Waals surface area (Å²) < 4.78 is 0. The maximum Gasteiger partial charge on any atom is 0.326 e. The summed E-state index contributed by atoms with van der Waals surface area (Å²) in [6, 6.07) is -2.39.